The SMILES string of the molecule is COc1ccc(C)cc1S(=O)(=O)NCC1CCC(O)C1. The first-order valence-electron chi connectivity index (χ1n) is 6.74. The number of nitrogens with one attached hydrogen (secondary N) is 1. The highest BCUT2D eigenvalue weighted by Crippen LogP contribution is 2.27. The minimum Gasteiger partial charge on any atom is -0.495 e. The maximum atomic E-state index is 12.3. The van der Waals surface area contributed by atoms with Gasteiger partial charge in [-0.1, -0.05) is 6.07 Å². The highest BCUT2D eigenvalue weighted by atomic mass is 32.2. The third kappa shape index (κ3) is 3.50. The Morgan fingerprint density at radius 3 is 2.75 bits per heavy atom. The smallest absolute Gasteiger partial charge is 0.244 e. The van der Waals surface area contributed by atoms with Crippen molar-refractivity contribution in [3.63, 3.8) is 0 Å². The van der Waals surface area contributed by atoms with E-state index in [0.29, 0.717) is 18.7 Å². The van der Waals surface area contributed by atoms with Crippen molar-refractivity contribution in [3.8, 4) is 5.75 Å². The quantitative estimate of drug-likeness (QED) is 0.862. The molecule has 0 aromatic heterocycles. The lowest BCUT2D eigenvalue weighted by molar-refractivity contribution is 0.178. The van der Waals surface area contributed by atoms with Gasteiger partial charge in [-0.2, -0.15) is 0 Å². The number of ether oxygens (including phenoxy) is 1. The van der Waals surface area contributed by atoms with Gasteiger partial charge in [-0.25, -0.2) is 13.1 Å². The van der Waals surface area contributed by atoms with Crippen LogP contribution in [0.2, 0.25) is 0 Å². The first-order chi connectivity index (χ1) is 9.42. The lowest BCUT2D eigenvalue weighted by atomic mass is 10.1. The van der Waals surface area contributed by atoms with Crippen molar-refractivity contribution in [2.24, 2.45) is 5.92 Å². The third-order valence-corrected chi connectivity index (χ3v) is 5.13. The summed E-state index contributed by atoms with van der Waals surface area (Å²) in [7, 11) is -2.13. The Kier molecular flexibility index (Phi) is 4.67. The van der Waals surface area contributed by atoms with Gasteiger partial charge in [-0.3, -0.25) is 0 Å². The second-order valence-electron chi connectivity index (χ2n) is 5.34. The molecule has 0 aliphatic heterocycles. The molecule has 0 spiro atoms. The van der Waals surface area contributed by atoms with E-state index in [1.54, 1.807) is 12.1 Å². The molecule has 0 amide bonds. The number of aliphatic hydroxyl groups is 1. The highest BCUT2D eigenvalue weighted by molar-refractivity contribution is 7.89. The van der Waals surface area contributed by atoms with Crippen LogP contribution in [0.5, 0.6) is 5.75 Å². The zero-order valence-electron chi connectivity index (χ0n) is 11.8. The standard InChI is InChI=1S/C14H21NO4S/c1-10-3-6-13(19-2)14(7-10)20(17,18)15-9-11-4-5-12(16)8-11/h3,6-7,11-12,15-16H,4-5,8-9H2,1-2H3. The molecule has 2 rings (SSSR count). The molecule has 1 aliphatic carbocycles. The Bertz CT molecular complexity index is 571. The van der Waals surface area contributed by atoms with Crippen LogP contribution >= 0.6 is 0 Å². The predicted molar refractivity (Wildman–Crippen MR) is 76.3 cm³/mol. The van der Waals surface area contributed by atoms with Crippen molar-refractivity contribution < 1.29 is 18.3 Å². The van der Waals surface area contributed by atoms with E-state index < -0.39 is 10.0 Å². The van der Waals surface area contributed by atoms with Gasteiger partial charge in [0.15, 0.2) is 0 Å². The van der Waals surface area contributed by atoms with Crippen molar-refractivity contribution in [1.82, 2.24) is 4.72 Å². The van der Waals surface area contributed by atoms with Crippen molar-refractivity contribution in [2.75, 3.05) is 13.7 Å². The van der Waals surface area contributed by atoms with Gasteiger partial charge in [0.05, 0.1) is 13.2 Å². The van der Waals surface area contributed by atoms with Crippen molar-refractivity contribution in [3.05, 3.63) is 23.8 Å². The molecule has 1 aliphatic rings. The normalized spacial score (nSPS) is 22.9. The van der Waals surface area contributed by atoms with Crippen LogP contribution in [0.15, 0.2) is 23.1 Å². The predicted octanol–water partition coefficient (Wildman–Crippen LogP) is 1.44. The molecule has 1 aromatic carbocycles. The van der Waals surface area contributed by atoms with Gasteiger partial charge < -0.3 is 9.84 Å². The minimum atomic E-state index is -3.59. The Balaban J connectivity index is 2.12. The molecule has 0 bridgehead atoms. The second kappa shape index (κ2) is 6.11. The summed E-state index contributed by atoms with van der Waals surface area (Å²) in [6.07, 6.45) is 1.97. The number of hydrogen-bond donors (Lipinski definition) is 2. The van der Waals surface area contributed by atoms with Crippen LogP contribution in [0, 0.1) is 12.8 Å². The molecule has 112 valence electrons. The summed E-state index contributed by atoms with van der Waals surface area (Å²) in [5.74, 6) is 0.546. The van der Waals surface area contributed by atoms with E-state index in [0.717, 1.165) is 18.4 Å². The van der Waals surface area contributed by atoms with E-state index in [9.17, 15) is 13.5 Å². The fourth-order valence-electron chi connectivity index (χ4n) is 2.53. The van der Waals surface area contributed by atoms with Crippen LogP contribution in [-0.2, 0) is 10.0 Å². The lowest BCUT2D eigenvalue weighted by Crippen LogP contribution is -2.29. The number of benzene rings is 1. The van der Waals surface area contributed by atoms with Crippen LogP contribution in [0.1, 0.15) is 24.8 Å². The van der Waals surface area contributed by atoms with Gasteiger partial charge in [0.2, 0.25) is 10.0 Å². The molecule has 0 saturated heterocycles. The van der Waals surface area contributed by atoms with Crippen LogP contribution in [0.4, 0.5) is 0 Å². The number of rotatable bonds is 5. The van der Waals surface area contributed by atoms with Crippen LogP contribution in [0.25, 0.3) is 0 Å². The largest absolute Gasteiger partial charge is 0.495 e. The molecular formula is C14H21NO4S. The molecule has 2 unspecified atom stereocenters. The average molecular weight is 299 g/mol. The first kappa shape index (κ1) is 15.3. The van der Waals surface area contributed by atoms with E-state index in [2.05, 4.69) is 4.72 Å². The molecule has 2 atom stereocenters. The van der Waals surface area contributed by atoms with Crippen molar-refractivity contribution >= 4 is 10.0 Å². The molecule has 1 aromatic rings. The molecule has 20 heavy (non-hydrogen) atoms. The van der Waals surface area contributed by atoms with Gasteiger partial charge in [0.25, 0.3) is 0 Å². The molecule has 1 saturated carbocycles. The van der Waals surface area contributed by atoms with E-state index in [4.69, 9.17) is 4.74 Å². The monoisotopic (exact) mass is 299 g/mol. The summed E-state index contributed by atoms with van der Waals surface area (Å²) in [5, 5.41) is 9.47. The van der Waals surface area contributed by atoms with E-state index in [1.807, 2.05) is 13.0 Å². The number of aryl methyl sites for hydroxylation is 1. The number of sulfonamides is 1. The van der Waals surface area contributed by atoms with Gasteiger partial charge in [-0.05, 0) is 49.8 Å². The van der Waals surface area contributed by atoms with E-state index in [-0.39, 0.29) is 16.9 Å². The minimum absolute atomic E-state index is 0.165. The summed E-state index contributed by atoms with van der Waals surface area (Å²) in [5.41, 5.74) is 0.863. The molecule has 6 heteroatoms. The molecule has 0 heterocycles. The van der Waals surface area contributed by atoms with Crippen LogP contribution in [-0.4, -0.2) is 33.3 Å². The first-order valence-corrected chi connectivity index (χ1v) is 8.23. The van der Waals surface area contributed by atoms with Crippen molar-refractivity contribution in [2.45, 2.75) is 37.2 Å². The fourth-order valence-corrected chi connectivity index (χ4v) is 3.90. The number of aliphatic hydroxyl groups excluding tert-OH is 1. The average Bonchev–Trinajstić information content (AvgIpc) is 2.82. The zero-order valence-corrected chi connectivity index (χ0v) is 12.6. The summed E-state index contributed by atoms with van der Waals surface area (Å²) in [6, 6.07) is 5.07. The maximum Gasteiger partial charge on any atom is 0.244 e. The number of hydrogen-bond acceptors (Lipinski definition) is 4. The topological polar surface area (TPSA) is 75.6 Å². The summed E-state index contributed by atoms with van der Waals surface area (Å²) in [6.45, 7) is 2.20. The zero-order chi connectivity index (χ0) is 14.8. The van der Waals surface area contributed by atoms with Gasteiger partial charge >= 0.3 is 0 Å². The molecular weight excluding hydrogens is 278 g/mol. The van der Waals surface area contributed by atoms with E-state index >= 15 is 0 Å². The molecule has 5 nitrogen and oxygen atoms in total. The fraction of sp³-hybridized carbons (Fsp3) is 0.571. The summed E-state index contributed by atoms with van der Waals surface area (Å²) >= 11 is 0. The molecule has 2 N–H and O–H groups in total. The van der Waals surface area contributed by atoms with Gasteiger partial charge in [0, 0.05) is 6.54 Å². The third-order valence-electron chi connectivity index (χ3n) is 3.68. The van der Waals surface area contributed by atoms with Crippen LogP contribution in [0.3, 0.4) is 0 Å². The van der Waals surface area contributed by atoms with Crippen LogP contribution < -0.4 is 9.46 Å². The Labute approximate surface area is 120 Å². The molecule has 1 fully saturated rings. The Hall–Kier alpha value is -1.11. The lowest BCUT2D eigenvalue weighted by Gasteiger charge is -2.14. The summed E-state index contributed by atoms with van der Waals surface area (Å²) < 4.78 is 32.4. The maximum absolute atomic E-state index is 12.3. The number of methoxy groups -OCH3 is 1. The van der Waals surface area contributed by atoms with Gasteiger partial charge in [0.1, 0.15) is 10.6 Å². The Morgan fingerprint density at radius 1 is 1.40 bits per heavy atom. The second-order valence-corrected chi connectivity index (χ2v) is 7.07. The van der Waals surface area contributed by atoms with Gasteiger partial charge in [-0.15, -0.1) is 0 Å². The summed E-state index contributed by atoms with van der Waals surface area (Å²) in [4.78, 5) is 0.165. The molecule has 0 radical (unpaired) electrons. The Morgan fingerprint density at radius 2 is 2.15 bits per heavy atom. The van der Waals surface area contributed by atoms with Crippen molar-refractivity contribution in [1.29, 1.82) is 0 Å². The van der Waals surface area contributed by atoms with E-state index in [1.165, 1.54) is 7.11 Å². The highest BCUT2D eigenvalue weighted by Gasteiger charge is 2.26.